The van der Waals surface area contributed by atoms with Crippen molar-refractivity contribution in [1.82, 2.24) is 0 Å². The summed E-state index contributed by atoms with van der Waals surface area (Å²) in [6.07, 6.45) is 0.775. The van der Waals surface area contributed by atoms with Crippen LogP contribution in [0.1, 0.15) is 18.9 Å². The Labute approximate surface area is 128 Å². The molecule has 104 valence electrons. The van der Waals surface area contributed by atoms with Crippen molar-refractivity contribution in [3.8, 4) is 0 Å². The lowest BCUT2D eigenvalue weighted by atomic mass is 10.1. The van der Waals surface area contributed by atoms with Crippen molar-refractivity contribution in [2.75, 3.05) is 4.90 Å². The molecule has 0 fully saturated rings. The van der Waals surface area contributed by atoms with Crippen molar-refractivity contribution in [3.63, 3.8) is 0 Å². The molecule has 0 saturated carbocycles. The van der Waals surface area contributed by atoms with Gasteiger partial charge in [0.2, 0.25) is 5.91 Å². The molecular weight excluding hydrogens is 314 g/mol. The fourth-order valence-corrected chi connectivity index (χ4v) is 2.26. The van der Waals surface area contributed by atoms with Gasteiger partial charge in [-0.2, -0.15) is 0 Å². The highest BCUT2D eigenvalue weighted by Crippen LogP contribution is 2.21. The van der Waals surface area contributed by atoms with E-state index in [9.17, 15) is 4.79 Å². The maximum Gasteiger partial charge on any atom is 0.241 e. The molecule has 0 radical (unpaired) electrons. The summed E-state index contributed by atoms with van der Waals surface area (Å²) in [6, 6.07) is 19.9. The second kappa shape index (κ2) is 7.25. The zero-order chi connectivity index (χ0) is 14.4. The highest BCUT2D eigenvalue weighted by atomic mass is 79.9. The Morgan fingerprint density at radius 2 is 1.60 bits per heavy atom. The average Bonchev–Trinajstić information content (AvgIpc) is 2.53. The molecule has 2 nitrogen and oxygen atoms in total. The summed E-state index contributed by atoms with van der Waals surface area (Å²) in [4.78, 5) is 14.2. The zero-order valence-electron chi connectivity index (χ0n) is 11.5. The minimum absolute atomic E-state index is 0.0996. The molecule has 0 aliphatic heterocycles. The molecule has 0 N–H and O–H groups in total. The molecule has 1 unspecified atom stereocenters. The summed E-state index contributed by atoms with van der Waals surface area (Å²) >= 11 is 3.46. The SMILES string of the molecule is CCC(Br)C(=O)N(Cc1ccccc1)c1ccccc1. The van der Waals surface area contributed by atoms with Crippen LogP contribution in [-0.2, 0) is 11.3 Å². The molecule has 0 aliphatic carbocycles. The van der Waals surface area contributed by atoms with Crippen LogP contribution < -0.4 is 4.90 Å². The van der Waals surface area contributed by atoms with Crippen molar-refractivity contribution in [1.29, 1.82) is 0 Å². The lowest BCUT2D eigenvalue weighted by Crippen LogP contribution is -2.36. The van der Waals surface area contributed by atoms with E-state index in [2.05, 4.69) is 15.9 Å². The van der Waals surface area contributed by atoms with Gasteiger partial charge in [0.05, 0.1) is 11.4 Å². The Kier molecular flexibility index (Phi) is 5.36. The second-order valence-electron chi connectivity index (χ2n) is 4.62. The topological polar surface area (TPSA) is 20.3 Å². The molecule has 0 aliphatic rings. The molecule has 1 atom stereocenters. The van der Waals surface area contributed by atoms with E-state index >= 15 is 0 Å². The predicted molar refractivity (Wildman–Crippen MR) is 87.1 cm³/mol. The first-order chi connectivity index (χ1) is 9.72. The molecule has 0 aromatic heterocycles. The van der Waals surface area contributed by atoms with Crippen LogP contribution in [0.4, 0.5) is 5.69 Å². The standard InChI is InChI=1S/C17H18BrNO/c1-2-16(18)17(20)19(15-11-7-4-8-12-15)13-14-9-5-3-6-10-14/h3-12,16H,2,13H2,1H3. The van der Waals surface area contributed by atoms with Crippen LogP contribution in [0.15, 0.2) is 60.7 Å². The maximum atomic E-state index is 12.6. The first kappa shape index (κ1) is 14.8. The Hall–Kier alpha value is -1.61. The van der Waals surface area contributed by atoms with Gasteiger partial charge in [-0.3, -0.25) is 4.79 Å². The number of carbonyl (C=O) groups excluding carboxylic acids is 1. The summed E-state index contributed by atoms with van der Waals surface area (Å²) in [6.45, 7) is 2.59. The predicted octanol–water partition coefficient (Wildman–Crippen LogP) is 4.39. The van der Waals surface area contributed by atoms with Gasteiger partial charge >= 0.3 is 0 Å². The monoisotopic (exact) mass is 331 g/mol. The van der Waals surface area contributed by atoms with E-state index in [1.165, 1.54) is 0 Å². The third kappa shape index (κ3) is 3.70. The molecular formula is C17H18BrNO. The molecule has 1 amide bonds. The summed E-state index contributed by atoms with van der Waals surface area (Å²) < 4.78 is 0. The molecule has 20 heavy (non-hydrogen) atoms. The Bertz CT molecular complexity index is 541. The Morgan fingerprint density at radius 3 is 2.15 bits per heavy atom. The van der Waals surface area contributed by atoms with E-state index in [1.807, 2.05) is 72.5 Å². The van der Waals surface area contributed by atoms with Crippen LogP contribution >= 0.6 is 15.9 Å². The van der Waals surface area contributed by atoms with Gasteiger partial charge in [0.1, 0.15) is 0 Å². The normalized spacial score (nSPS) is 11.9. The first-order valence-electron chi connectivity index (χ1n) is 6.76. The smallest absolute Gasteiger partial charge is 0.241 e. The van der Waals surface area contributed by atoms with Crippen molar-refractivity contribution >= 4 is 27.5 Å². The van der Waals surface area contributed by atoms with Gasteiger partial charge in [-0.15, -0.1) is 0 Å². The number of para-hydroxylation sites is 1. The molecule has 3 heteroatoms. The van der Waals surface area contributed by atoms with Crippen molar-refractivity contribution < 1.29 is 4.79 Å². The number of halogens is 1. The fraction of sp³-hybridized carbons (Fsp3) is 0.235. The van der Waals surface area contributed by atoms with Gasteiger partial charge in [0.15, 0.2) is 0 Å². The van der Waals surface area contributed by atoms with E-state index in [-0.39, 0.29) is 10.7 Å². The summed E-state index contributed by atoms with van der Waals surface area (Å²) in [5.74, 6) is 0.0996. The largest absolute Gasteiger partial charge is 0.307 e. The van der Waals surface area contributed by atoms with E-state index in [0.717, 1.165) is 17.7 Å². The van der Waals surface area contributed by atoms with E-state index in [1.54, 1.807) is 0 Å². The number of rotatable bonds is 5. The van der Waals surface area contributed by atoms with E-state index in [4.69, 9.17) is 0 Å². The van der Waals surface area contributed by atoms with E-state index in [0.29, 0.717) is 6.54 Å². The number of carbonyl (C=O) groups is 1. The summed E-state index contributed by atoms with van der Waals surface area (Å²) in [5, 5.41) is 0. The molecule has 2 rings (SSSR count). The minimum Gasteiger partial charge on any atom is -0.307 e. The third-order valence-corrected chi connectivity index (χ3v) is 4.18. The Morgan fingerprint density at radius 1 is 1.05 bits per heavy atom. The van der Waals surface area contributed by atoms with E-state index < -0.39 is 0 Å². The number of alkyl halides is 1. The molecule has 2 aromatic rings. The Balaban J connectivity index is 2.27. The number of hydrogen-bond donors (Lipinski definition) is 0. The van der Waals surface area contributed by atoms with Crippen LogP contribution in [0.25, 0.3) is 0 Å². The highest BCUT2D eigenvalue weighted by Gasteiger charge is 2.21. The second-order valence-corrected chi connectivity index (χ2v) is 5.73. The zero-order valence-corrected chi connectivity index (χ0v) is 13.1. The summed E-state index contributed by atoms with van der Waals surface area (Å²) in [5.41, 5.74) is 2.06. The number of benzene rings is 2. The van der Waals surface area contributed by atoms with Gasteiger partial charge in [0, 0.05) is 5.69 Å². The minimum atomic E-state index is -0.147. The van der Waals surface area contributed by atoms with Gasteiger partial charge in [-0.05, 0) is 24.1 Å². The summed E-state index contributed by atoms with van der Waals surface area (Å²) in [7, 11) is 0. The van der Waals surface area contributed by atoms with Crippen LogP contribution in [0.2, 0.25) is 0 Å². The molecule has 0 heterocycles. The van der Waals surface area contributed by atoms with Gasteiger partial charge in [-0.1, -0.05) is 71.4 Å². The lowest BCUT2D eigenvalue weighted by Gasteiger charge is -2.25. The fourth-order valence-electron chi connectivity index (χ4n) is 2.01. The van der Waals surface area contributed by atoms with Gasteiger partial charge in [0.25, 0.3) is 0 Å². The number of hydrogen-bond acceptors (Lipinski definition) is 1. The van der Waals surface area contributed by atoms with Crippen LogP contribution in [0.5, 0.6) is 0 Å². The van der Waals surface area contributed by atoms with Crippen molar-refractivity contribution in [2.24, 2.45) is 0 Å². The maximum absolute atomic E-state index is 12.6. The molecule has 2 aromatic carbocycles. The molecule has 0 saturated heterocycles. The van der Waals surface area contributed by atoms with Crippen molar-refractivity contribution in [3.05, 3.63) is 66.2 Å². The first-order valence-corrected chi connectivity index (χ1v) is 7.68. The van der Waals surface area contributed by atoms with Crippen molar-refractivity contribution in [2.45, 2.75) is 24.7 Å². The average molecular weight is 332 g/mol. The number of anilines is 1. The van der Waals surface area contributed by atoms with Crippen LogP contribution in [-0.4, -0.2) is 10.7 Å². The van der Waals surface area contributed by atoms with Crippen LogP contribution in [0, 0.1) is 0 Å². The lowest BCUT2D eigenvalue weighted by molar-refractivity contribution is -0.118. The molecule has 0 spiro atoms. The van der Waals surface area contributed by atoms with Gasteiger partial charge < -0.3 is 4.90 Å². The number of nitrogens with zero attached hydrogens (tertiary/aromatic N) is 1. The number of amides is 1. The van der Waals surface area contributed by atoms with Crippen LogP contribution in [0.3, 0.4) is 0 Å². The van der Waals surface area contributed by atoms with Gasteiger partial charge in [-0.25, -0.2) is 0 Å². The quantitative estimate of drug-likeness (QED) is 0.744. The highest BCUT2D eigenvalue weighted by molar-refractivity contribution is 9.10. The third-order valence-electron chi connectivity index (χ3n) is 3.14. The molecule has 0 bridgehead atoms.